The van der Waals surface area contributed by atoms with Crippen molar-refractivity contribution in [3.63, 3.8) is 0 Å². The van der Waals surface area contributed by atoms with E-state index < -0.39 is 119 Å². The predicted molar refractivity (Wildman–Crippen MR) is 295 cm³/mol. The number of aliphatic carboxylic acids is 1. The van der Waals surface area contributed by atoms with Crippen molar-refractivity contribution in [1.82, 2.24) is 42.5 Å². The number of nitrogens with two attached hydrogens (primary N) is 1. The van der Waals surface area contributed by atoms with E-state index in [0.29, 0.717) is 11.1 Å². The quantitative estimate of drug-likeness (QED) is 0.0445. The summed E-state index contributed by atoms with van der Waals surface area (Å²) in [6.07, 6.45) is 0.830. The molecule has 9 atom stereocenters. The Bertz CT molecular complexity index is 2400. The molecule has 0 aliphatic rings. The number of carboxylic acid groups (broad SMARTS) is 1. The summed E-state index contributed by atoms with van der Waals surface area (Å²) >= 11 is 0. The average Bonchev–Trinajstić information content (AvgIpc) is 3.36. The smallest absolute Gasteiger partial charge is 0.326 e. The Morgan fingerprint density at radius 1 is 0.364 bits per heavy atom. The number of benzene rings is 3. The molecule has 0 unspecified atom stereocenters. The average molecular weight is 1070 g/mol. The largest absolute Gasteiger partial charge is 0.480 e. The number of hydrogen-bond acceptors (Lipinski definition) is 10. The highest BCUT2D eigenvalue weighted by molar-refractivity contribution is 5.98. The van der Waals surface area contributed by atoms with Gasteiger partial charge < -0.3 is 53.4 Å². The van der Waals surface area contributed by atoms with Crippen molar-refractivity contribution in [2.75, 3.05) is 0 Å². The molecular formula is C58H85N9O10. The molecule has 0 aliphatic heterocycles. The first-order valence-electron chi connectivity index (χ1n) is 26.8. The molecule has 8 amide bonds. The molecule has 422 valence electrons. The van der Waals surface area contributed by atoms with Crippen molar-refractivity contribution in [2.24, 2.45) is 35.3 Å². The summed E-state index contributed by atoms with van der Waals surface area (Å²) < 4.78 is 0. The first kappa shape index (κ1) is 64.1. The highest BCUT2D eigenvalue weighted by atomic mass is 16.4. The third kappa shape index (κ3) is 22.5. The molecule has 3 aromatic carbocycles. The van der Waals surface area contributed by atoms with Gasteiger partial charge in [-0.05, 0) is 78.9 Å². The van der Waals surface area contributed by atoms with Crippen LogP contribution in [0.5, 0.6) is 0 Å². The number of carbonyl (C=O) groups excluding carboxylic acids is 8. The van der Waals surface area contributed by atoms with E-state index in [2.05, 4.69) is 42.5 Å². The van der Waals surface area contributed by atoms with Crippen molar-refractivity contribution in [2.45, 2.75) is 169 Å². The summed E-state index contributed by atoms with van der Waals surface area (Å²) in [5.74, 6) is -7.88. The van der Waals surface area contributed by atoms with E-state index in [1.165, 1.54) is 6.92 Å². The van der Waals surface area contributed by atoms with Gasteiger partial charge in [-0.3, -0.25) is 38.4 Å². The fourth-order valence-corrected chi connectivity index (χ4v) is 8.51. The third-order valence-electron chi connectivity index (χ3n) is 12.7. The highest BCUT2D eigenvalue weighted by Crippen LogP contribution is 2.14. The maximum atomic E-state index is 14.3. The highest BCUT2D eigenvalue weighted by Gasteiger charge is 2.36. The van der Waals surface area contributed by atoms with E-state index in [0.717, 1.165) is 5.56 Å². The van der Waals surface area contributed by atoms with Crippen LogP contribution >= 0.6 is 0 Å². The predicted octanol–water partition coefficient (Wildman–Crippen LogP) is 3.48. The summed E-state index contributed by atoms with van der Waals surface area (Å²) in [4.78, 5) is 124. The Morgan fingerprint density at radius 3 is 1.06 bits per heavy atom. The lowest BCUT2D eigenvalue weighted by molar-refractivity contribution is -0.143. The van der Waals surface area contributed by atoms with Gasteiger partial charge >= 0.3 is 5.97 Å². The summed E-state index contributed by atoms with van der Waals surface area (Å²) in [6, 6.07) is 16.5. The van der Waals surface area contributed by atoms with Gasteiger partial charge in [0.05, 0.1) is 6.04 Å². The van der Waals surface area contributed by atoms with E-state index in [-0.39, 0.29) is 56.3 Å². The van der Waals surface area contributed by atoms with Gasteiger partial charge in [0.2, 0.25) is 47.3 Å². The number of carboxylic acids is 1. The minimum absolute atomic E-state index is 0.00121. The number of nitrogens with one attached hydrogen (secondary N) is 8. The molecule has 0 aromatic heterocycles. The minimum Gasteiger partial charge on any atom is -0.480 e. The lowest BCUT2D eigenvalue weighted by Gasteiger charge is -2.30. The molecule has 77 heavy (non-hydrogen) atoms. The lowest BCUT2D eigenvalue weighted by atomic mass is 9.97. The van der Waals surface area contributed by atoms with Crippen LogP contribution < -0.4 is 48.3 Å². The van der Waals surface area contributed by atoms with Crippen molar-refractivity contribution in [3.8, 4) is 0 Å². The van der Waals surface area contributed by atoms with Crippen molar-refractivity contribution in [1.29, 1.82) is 0 Å². The van der Waals surface area contributed by atoms with Crippen LogP contribution in [0, 0.1) is 29.6 Å². The molecule has 3 aromatic rings. The first-order valence-corrected chi connectivity index (χ1v) is 26.8. The van der Waals surface area contributed by atoms with Crippen LogP contribution in [0.4, 0.5) is 0 Å². The number of hydrogen-bond donors (Lipinski definition) is 10. The SMILES string of the molecule is CC(C)C[C@H](NC(=O)[C@H](CC(C)C)NC(=O)[C@H](Cc1ccccc1)NC(=O)[C@@H](NC(=O)[C@@H](NC(=O)[C@H](Cc1ccccc1)NC(=O)[C@H](C)NC(=O)[C@H](CC(C)C)NC(=O)[C@@H](N)Cc1ccccc1)C(C)C)C(C)C)C(=O)O. The monoisotopic (exact) mass is 1070 g/mol. The summed E-state index contributed by atoms with van der Waals surface area (Å²) in [5.41, 5.74) is 8.44. The van der Waals surface area contributed by atoms with Gasteiger partial charge in [-0.1, -0.05) is 160 Å². The molecule has 0 bridgehead atoms. The number of rotatable bonds is 31. The Hall–Kier alpha value is -7.15. The number of amides is 8. The molecule has 0 saturated heterocycles. The van der Waals surface area contributed by atoms with Gasteiger partial charge in [-0.15, -0.1) is 0 Å². The molecule has 0 aliphatic carbocycles. The van der Waals surface area contributed by atoms with Gasteiger partial charge in [0.15, 0.2) is 0 Å². The zero-order chi connectivity index (χ0) is 57.5. The topological polar surface area (TPSA) is 296 Å². The number of carbonyl (C=O) groups is 9. The molecule has 0 saturated carbocycles. The summed E-state index contributed by atoms with van der Waals surface area (Å²) in [7, 11) is 0. The van der Waals surface area contributed by atoms with Crippen molar-refractivity contribution < 1.29 is 48.3 Å². The summed E-state index contributed by atoms with van der Waals surface area (Å²) in [5, 5.41) is 31.7. The van der Waals surface area contributed by atoms with Gasteiger partial charge in [-0.25, -0.2) is 4.79 Å². The van der Waals surface area contributed by atoms with Crippen LogP contribution in [-0.2, 0) is 62.4 Å². The zero-order valence-electron chi connectivity index (χ0n) is 46.7. The van der Waals surface area contributed by atoms with Crippen molar-refractivity contribution >= 4 is 53.2 Å². The molecule has 19 heteroatoms. The van der Waals surface area contributed by atoms with Crippen LogP contribution in [0.3, 0.4) is 0 Å². The molecule has 0 spiro atoms. The van der Waals surface area contributed by atoms with Gasteiger partial charge in [-0.2, -0.15) is 0 Å². The fourth-order valence-electron chi connectivity index (χ4n) is 8.51. The van der Waals surface area contributed by atoms with Gasteiger partial charge in [0, 0.05) is 12.8 Å². The molecular weight excluding hydrogens is 983 g/mol. The molecule has 11 N–H and O–H groups in total. The molecule has 19 nitrogen and oxygen atoms in total. The second kappa shape index (κ2) is 31.8. The summed E-state index contributed by atoms with van der Waals surface area (Å²) in [6.45, 7) is 19.4. The van der Waals surface area contributed by atoms with Crippen LogP contribution in [0.1, 0.15) is 112 Å². The Balaban J connectivity index is 1.83. The molecule has 3 rings (SSSR count). The Labute approximate surface area is 454 Å². The second-order valence-electron chi connectivity index (χ2n) is 21.9. The molecule has 0 fully saturated rings. The van der Waals surface area contributed by atoms with E-state index in [9.17, 15) is 48.3 Å². The van der Waals surface area contributed by atoms with Crippen molar-refractivity contribution in [3.05, 3.63) is 108 Å². The molecule has 0 radical (unpaired) electrons. The zero-order valence-corrected chi connectivity index (χ0v) is 46.7. The first-order chi connectivity index (χ1) is 36.2. The van der Waals surface area contributed by atoms with E-state index in [1.807, 2.05) is 71.9 Å². The van der Waals surface area contributed by atoms with E-state index in [4.69, 9.17) is 5.73 Å². The van der Waals surface area contributed by atoms with E-state index >= 15 is 0 Å². The van der Waals surface area contributed by atoms with Crippen LogP contribution in [0.2, 0.25) is 0 Å². The maximum Gasteiger partial charge on any atom is 0.326 e. The van der Waals surface area contributed by atoms with Crippen LogP contribution in [0.15, 0.2) is 91.0 Å². The fraction of sp³-hybridized carbons (Fsp3) is 0.534. The maximum absolute atomic E-state index is 14.3. The van der Waals surface area contributed by atoms with E-state index in [1.54, 1.807) is 88.4 Å². The minimum atomic E-state index is -1.26. The Kier molecular flexibility index (Phi) is 26.5. The Morgan fingerprint density at radius 2 is 0.662 bits per heavy atom. The normalized spacial score (nSPS) is 14.9. The van der Waals surface area contributed by atoms with Gasteiger partial charge in [0.1, 0.15) is 48.3 Å². The van der Waals surface area contributed by atoms with Crippen LogP contribution in [-0.4, -0.2) is 113 Å². The molecule has 0 heterocycles. The van der Waals surface area contributed by atoms with Crippen LogP contribution in [0.25, 0.3) is 0 Å². The third-order valence-corrected chi connectivity index (χ3v) is 12.7. The lowest BCUT2D eigenvalue weighted by Crippen LogP contribution is -2.62. The van der Waals surface area contributed by atoms with Gasteiger partial charge in [0.25, 0.3) is 0 Å². The standard InChI is InChI=1S/C58H85N9O10/c1-33(2)27-43(62-51(69)42(59)30-39-21-15-12-16-22-39)52(70)60-38(11)50(68)61-46(32-41-25-19-14-20-26-41)55(73)66-49(37(9)10)57(75)67-48(36(7)8)56(74)64-45(31-40-23-17-13-18-24-40)54(72)63-44(28-34(3)4)53(71)65-47(58(76)77)29-35(5)6/h12-26,33-38,42-49H,27-32,59H2,1-11H3,(H,60,70)(H,61,68)(H,62,69)(H,63,72)(H,64,74)(H,65,71)(H,66,73)(H,67,75)(H,76,77)/t38-,42-,43-,44-,45-,46-,47-,48-,49-/m0/s1. The second-order valence-corrected chi connectivity index (χ2v) is 21.9.